The molecule has 4 unspecified atom stereocenters. The van der Waals surface area contributed by atoms with Crippen LogP contribution in [0.3, 0.4) is 0 Å². The van der Waals surface area contributed by atoms with E-state index in [4.69, 9.17) is 5.73 Å². The molecule has 0 spiro atoms. The molecule has 0 aromatic heterocycles. The van der Waals surface area contributed by atoms with Crippen LogP contribution < -0.4 is 5.73 Å². The summed E-state index contributed by atoms with van der Waals surface area (Å²) in [5, 5.41) is 0. The first-order valence-corrected chi connectivity index (χ1v) is 7.94. The van der Waals surface area contributed by atoms with Gasteiger partial charge in [0.1, 0.15) is 0 Å². The van der Waals surface area contributed by atoms with Crippen LogP contribution in [0.4, 0.5) is 0 Å². The van der Waals surface area contributed by atoms with Gasteiger partial charge >= 0.3 is 0 Å². The number of nitrogens with zero attached hydrogens (tertiary/aromatic N) is 2. The zero-order valence-electron chi connectivity index (χ0n) is 11.9. The minimum absolute atomic E-state index is 0.780. The van der Waals surface area contributed by atoms with Crippen molar-refractivity contribution in [2.75, 3.05) is 33.2 Å². The van der Waals surface area contributed by atoms with Crippen LogP contribution >= 0.6 is 0 Å². The highest BCUT2D eigenvalue weighted by atomic mass is 15.2. The number of likely N-dealkylation sites (tertiary alicyclic amines) is 2. The molecule has 1 saturated carbocycles. The van der Waals surface area contributed by atoms with Gasteiger partial charge in [-0.25, -0.2) is 0 Å². The fourth-order valence-electron chi connectivity index (χ4n) is 4.75. The fraction of sp³-hybridized carbons (Fsp3) is 1.00. The lowest BCUT2D eigenvalue weighted by molar-refractivity contribution is 0.0130. The smallest absolute Gasteiger partial charge is 0.0145 e. The maximum Gasteiger partial charge on any atom is 0.0145 e. The Morgan fingerprint density at radius 1 is 1.00 bits per heavy atom. The molecule has 2 aliphatic heterocycles. The van der Waals surface area contributed by atoms with Gasteiger partial charge in [0, 0.05) is 18.6 Å². The number of hydrogen-bond acceptors (Lipinski definition) is 3. The predicted molar refractivity (Wildman–Crippen MR) is 75.5 cm³/mol. The van der Waals surface area contributed by atoms with Gasteiger partial charge in [0.15, 0.2) is 0 Å². The van der Waals surface area contributed by atoms with Crippen LogP contribution in [-0.4, -0.2) is 55.1 Å². The van der Waals surface area contributed by atoms with E-state index in [1.807, 2.05) is 0 Å². The molecule has 3 fully saturated rings. The summed E-state index contributed by atoms with van der Waals surface area (Å²) in [4.78, 5) is 5.41. The van der Waals surface area contributed by atoms with Gasteiger partial charge in [-0.05, 0) is 70.6 Å². The Hall–Kier alpha value is -0.120. The lowest BCUT2D eigenvalue weighted by Gasteiger charge is -2.48. The summed E-state index contributed by atoms with van der Waals surface area (Å²) in [7, 11) is 2.32. The lowest BCUT2D eigenvalue weighted by Crippen LogP contribution is -2.55. The van der Waals surface area contributed by atoms with Gasteiger partial charge in [-0.2, -0.15) is 0 Å². The summed E-state index contributed by atoms with van der Waals surface area (Å²) >= 11 is 0. The molecule has 3 nitrogen and oxygen atoms in total. The average molecular weight is 251 g/mol. The normalized spacial score (nSPS) is 43.0. The predicted octanol–water partition coefficient (Wildman–Crippen LogP) is 1.53. The van der Waals surface area contributed by atoms with Crippen molar-refractivity contribution in [2.45, 2.75) is 50.6 Å². The summed E-state index contributed by atoms with van der Waals surface area (Å²) in [6.07, 6.45) is 8.40. The molecule has 2 saturated heterocycles. The second-order valence-corrected chi connectivity index (χ2v) is 6.73. The molecule has 1 aliphatic carbocycles. The van der Waals surface area contributed by atoms with Crippen LogP contribution in [0.5, 0.6) is 0 Å². The maximum atomic E-state index is 5.95. The van der Waals surface area contributed by atoms with Crippen molar-refractivity contribution in [3.05, 3.63) is 0 Å². The van der Waals surface area contributed by atoms with Gasteiger partial charge in [-0.1, -0.05) is 6.42 Å². The quantitative estimate of drug-likeness (QED) is 0.808. The molecular weight excluding hydrogens is 222 g/mol. The van der Waals surface area contributed by atoms with Crippen LogP contribution in [-0.2, 0) is 0 Å². The molecule has 3 aliphatic rings. The molecule has 0 radical (unpaired) electrons. The molecule has 0 aromatic carbocycles. The van der Waals surface area contributed by atoms with Crippen LogP contribution in [0.25, 0.3) is 0 Å². The molecule has 3 rings (SSSR count). The molecule has 0 bridgehead atoms. The molecular formula is C15H29N3. The van der Waals surface area contributed by atoms with Crippen molar-refractivity contribution in [3.63, 3.8) is 0 Å². The second kappa shape index (κ2) is 5.48. The Bertz CT molecular complexity index is 281. The van der Waals surface area contributed by atoms with Crippen LogP contribution in [0.15, 0.2) is 0 Å². The number of hydrogen-bond donors (Lipinski definition) is 1. The van der Waals surface area contributed by atoms with Crippen LogP contribution in [0.2, 0.25) is 0 Å². The first kappa shape index (κ1) is 12.9. The summed E-state index contributed by atoms with van der Waals surface area (Å²) in [6.45, 7) is 4.87. The lowest BCUT2D eigenvalue weighted by atomic mass is 9.83. The second-order valence-electron chi connectivity index (χ2n) is 6.73. The van der Waals surface area contributed by atoms with Crippen LogP contribution in [0, 0.1) is 11.8 Å². The van der Waals surface area contributed by atoms with Crippen molar-refractivity contribution in [2.24, 2.45) is 17.6 Å². The molecule has 0 amide bonds. The highest BCUT2D eigenvalue weighted by Crippen LogP contribution is 2.35. The van der Waals surface area contributed by atoms with E-state index in [2.05, 4.69) is 16.8 Å². The molecule has 2 heterocycles. The van der Waals surface area contributed by atoms with Gasteiger partial charge in [0.2, 0.25) is 0 Å². The first-order chi connectivity index (χ1) is 8.79. The standard InChI is InChI=1S/C15H29N3/c1-17-8-3-5-13-11-18(9-7-14(13)17)15-6-2-4-12(15)10-16/h12-15H,2-11,16H2,1H3. The minimum atomic E-state index is 0.780. The Balaban J connectivity index is 1.63. The van der Waals surface area contributed by atoms with Crippen molar-refractivity contribution in [3.8, 4) is 0 Å². The van der Waals surface area contributed by atoms with Crippen LogP contribution in [0.1, 0.15) is 38.5 Å². The van der Waals surface area contributed by atoms with Gasteiger partial charge in [-0.15, -0.1) is 0 Å². The summed E-state index contributed by atoms with van der Waals surface area (Å²) < 4.78 is 0. The Morgan fingerprint density at radius 3 is 2.72 bits per heavy atom. The highest BCUT2D eigenvalue weighted by Gasteiger charge is 2.39. The molecule has 2 N–H and O–H groups in total. The van der Waals surface area contributed by atoms with E-state index in [-0.39, 0.29) is 0 Å². The van der Waals surface area contributed by atoms with E-state index in [0.29, 0.717) is 0 Å². The fourth-order valence-corrected chi connectivity index (χ4v) is 4.75. The summed E-state index contributed by atoms with van der Waals surface area (Å²) in [6, 6.07) is 1.68. The van der Waals surface area contributed by atoms with E-state index < -0.39 is 0 Å². The number of fused-ring (bicyclic) bond motifs is 1. The van der Waals surface area contributed by atoms with Gasteiger partial charge in [0.25, 0.3) is 0 Å². The monoisotopic (exact) mass is 251 g/mol. The molecule has 104 valence electrons. The van der Waals surface area contributed by atoms with Gasteiger partial charge < -0.3 is 10.6 Å². The third-order valence-electron chi connectivity index (χ3n) is 5.77. The van der Waals surface area contributed by atoms with E-state index in [9.17, 15) is 0 Å². The van der Waals surface area contributed by atoms with Crippen molar-refractivity contribution < 1.29 is 0 Å². The Morgan fingerprint density at radius 2 is 1.89 bits per heavy atom. The molecule has 4 atom stereocenters. The topological polar surface area (TPSA) is 32.5 Å². The molecule has 18 heavy (non-hydrogen) atoms. The van der Waals surface area contributed by atoms with E-state index in [1.54, 1.807) is 0 Å². The third-order valence-corrected chi connectivity index (χ3v) is 5.77. The highest BCUT2D eigenvalue weighted by molar-refractivity contribution is 4.94. The Kier molecular flexibility index (Phi) is 3.92. The van der Waals surface area contributed by atoms with Crippen molar-refractivity contribution >= 4 is 0 Å². The van der Waals surface area contributed by atoms with Crippen molar-refractivity contribution in [1.29, 1.82) is 0 Å². The van der Waals surface area contributed by atoms with E-state index in [0.717, 1.165) is 30.5 Å². The zero-order chi connectivity index (χ0) is 12.5. The number of piperidine rings is 2. The molecule has 3 heteroatoms. The number of nitrogens with two attached hydrogens (primary N) is 1. The Labute approximate surface area is 112 Å². The largest absolute Gasteiger partial charge is 0.330 e. The minimum Gasteiger partial charge on any atom is -0.330 e. The maximum absolute atomic E-state index is 5.95. The average Bonchev–Trinajstić information content (AvgIpc) is 2.87. The van der Waals surface area contributed by atoms with Gasteiger partial charge in [-0.3, -0.25) is 4.90 Å². The summed E-state index contributed by atoms with van der Waals surface area (Å²) in [5.41, 5.74) is 5.95. The van der Waals surface area contributed by atoms with Crippen molar-refractivity contribution in [1.82, 2.24) is 9.80 Å². The van der Waals surface area contributed by atoms with E-state index in [1.165, 1.54) is 58.2 Å². The van der Waals surface area contributed by atoms with E-state index >= 15 is 0 Å². The zero-order valence-corrected chi connectivity index (χ0v) is 11.9. The summed E-state index contributed by atoms with van der Waals surface area (Å²) in [5.74, 6) is 1.71. The number of rotatable bonds is 2. The molecule has 0 aromatic rings. The SMILES string of the molecule is CN1CCCC2CN(C3CCCC3CN)CCC21. The third kappa shape index (κ3) is 2.33. The first-order valence-electron chi connectivity index (χ1n) is 7.94. The van der Waals surface area contributed by atoms with Gasteiger partial charge in [0.05, 0.1) is 0 Å².